The number of unbranched alkanes of at least 4 members (excludes halogenated alkanes) is 2. The smallest absolute Gasteiger partial charge is 0.306 e. The summed E-state index contributed by atoms with van der Waals surface area (Å²) >= 11 is 0. The molecule has 0 spiro atoms. The quantitative estimate of drug-likeness (QED) is 0.0881. The van der Waals surface area contributed by atoms with Crippen molar-refractivity contribution < 1.29 is 25.2 Å². The normalized spacial score (nSPS) is 13.3. The molecule has 0 aliphatic heterocycles. The van der Waals surface area contributed by atoms with E-state index in [-0.39, 0.29) is 19.3 Å². The van der Waals surface area contributed by atoms with Gasteiger partial charge in [0.2, 0.25) is 0 Å². The molecule has 0 atom stereocenters. The predicted octanol–water partition coefficient (Wildman–Crippen LogP) is 3.67. The maximum absolute atomic E-state index is 11.3. The van der Waals surface area contributed by atoms with Gasteiger partial charge in [-0.3, -0.25) is 9.98 Å². The van der Waals surface area contributed by atoms with E-state index in [1.807, 2.05) is 19.9 Å². The fourth-order valence-corrected chi connectivity index (χ4v) is 5.73. The van der Waals surface area contributed by atoms with Gasteiger partial charge in [0, 0.05) is 13.1 Å². The Morgan fingerprint density at radius 1 is 0.689 bits per heavy atom. The summed E-state index contributed by atoms with van der Waals surface area (Å²) in [5, 5.41) is 0. The Labute approximate surface area is 269 Å². The van der Waals surface area contributed by atoms with Crippen molar-refractivity contribution in [3.63, 3.8) is 0 Å². The van der Waals surface area contributed by atoms with Gasteiger partial charge in [0.05, 0.1) is 12.5 Å². The Bertz CT molecular complexity index is 1510. The molecule has 0 heterocycles. The van der Waals surface area contributed by atoms with Crippen LogP contribution in [-0.4, -0.2) is 54.4 Å². The highest BCUT2D eigenvalue weighted by Crippen LogP contribution is 2.52. The van der Waals surface area contributed by atoms with E-state index in [1.165, 1.54) is 12.8 Å². The number of rotatable bonds is 16. The van der Waals surface area contributed by atoms with Gasteiger partial charge in [0.1, 0.15) is 11.5 Å². The molecule has 12 nitrogen and oxygen atoms in total. The Hall–Kier alpha value is -3.52. The average Bonchev–Trinajstić information content (AvgIpc) is 3.62. The third-order valence-corrected chi connectivity index (χ3v) is 7.96. The third-order valence-electron chi connectivity index (χ3n) is 6.97. The SMILES string of the molecule is C.Cc1cc(CCC2(CCN=C(N)N)CC2)cc(OS(C)(=O)=O)c1.Cc1cc(CCCCCN=C(N)N)cc(OS(C)(=O)=O)c1. The molecule has 45 heavy (non-hydrogen) atoms. The van der Waals surface area contributed by atoms with Crippen LogP contribution in [-0.2, 0) is 33.1 Å². The minimum Gasteiger partial charge on any atom is -0.383 e. The zero-order valence-corrected chi connectivity index (χ0v) is 27.8. The first-order valence-corrected chi connectivity index (χ1v) is 18.2. The van der Waals surface area contributed by atoms with E-state index in [9.17, 15) is 16.8 Å². The zero-order valence-electron chi connectivity index (χ0n) is 26.2. The lowest BCUT2D eigenvalue weighted by Crippen LogP contribution is -2.23. The minimum absolute atomic E-state index is 0. The lowest BCUT2D eigenvalue weighted by atomic mass is 9.93. The molecule has 0 radical (unpaired) electrons. The second kappa shape index (κ2) is 17.8. The number of guanidine groups is 2. The van der Waals surface area contributed by atoms with Crippen molar-refractivity contribution in [2.45, 2.75) is 79.1 Å². The molecule has 0 amide bonds. The van der Waals surface area contributed by atoms with Crippen molar-refractivity contribution in [1.82, 2.24) is 0 Å². The first kappa shape index (κ1) is 39.5. The monoisotopic (exact) mass is 668 g/mol. The van der Waals surface area contributed by atoms with Crippen LogP contribution < -0.4 is 31.3 Å². The largest absolute Gasteiger partial charge is 0.383 e. The molecule has 14 heteroatoms. The zero-order chi connectivity index (χ0) is 33.0. The Morgan fingerprint density at radius 3 is 1.60 bits per heavy atom. The first-order chi connectivity index (χ1) is 20.4. The van der Waals surface area contributed by atoms with Gasteiger partial charge in [-0.2, -0.15) is 16.8 Å². The number of aryl methyl sites for hydroxylation is 4. The van der Waals surface area contributed by atoms with E-state index in [4.69, 9.17) is 31.3 Å². The van der Waals surface area contributed by atoms with Gasteiger partial charge in [0.15, 0.2) is 11.9 Å². The van der Waals surface area contributed by atoms with Crippen LogP contribution in [0.25, 0.3) is 0 Å². The maximum atomic E-state index is 11.3. The molecule has 2 aromatic carbocycles. The van der Waals surface area contributed by atoms with E-state index < -0.39 is 20.2 Å². The van der Waals surface area contributed by atoms with Crippen molar-refractivity contribution in [2.75, 3.05) is 25.6 Å². The molecular formula is C31H52N6O6S2. The molecule has 8 N–H and O–H groups in total. The minimum atomic E-state index is -3.50. The van der Waals surface area contributed by atoms with Gasteiger partial charge in [-0.1, -0.05) is 26.0 Å². The molecule has 0 bridgehead atoms. The molecule has 2 aromatic rings. The summed E-state index contributed by atoms with van der Waals surface area (Å²) < 4.78 is 54.8. The number of hydrogen-bond donors (Lipinski definition) is 4. The van der Waals surface area contributed by atoms with E-state index >= 15 is 0 Å². The molecule has 0 aromatic heterocycles. The summed E-state index contributed by atoms with van der Waals surface area (Å²) in [4.78, 5) is 7.98. The van der Waals surface area contributed by atoms with Crippen LogP contribution in [0.5, 0.6) is 11.5 Å². The van der Waals surface area contributed by atoms with Crippen LogP contribution in [0.2, 0.25) is 0 Å². The lowest BCUT2D eigenvalue weighted by Gasteiger charge is -2.14. The molecule has 1 aliphatic rings. The van der Waals surface area contributed by atoms with Crippen LogP contribution in [0.1, 0.15) is 74.6 Å². The van der Waals surface area contributed by atoms with Crippen molar-refractivity contribution >= 4 is 32.2 Å². The summed E-state index contributed by atoms with van der Waals surface area (Å²) in [5.74, 6) is 1.01. The van der Waals surface area contributed by atoms with Crippen LogP contribution >= 0.6 is 0 Å². The number of nitrogens with two attached hydrogens (primary N) is 4. The van der Waals surface area contributed by atoms with Gasteiger partial charge in [-0.05, 0) is 117 Å². The van der Waals surface area contributed by atoms with Crippen molar-refractivity contribution in [3.8, 4) is 11.5 Å². The first-order valence-electron chi connectivity index (χ1n) is 14.5. The summed E-state index contributed by atoms with van der Waals surface area (Å²) in [5.41, 5.74) is 25.7. The number of hydrogen-bond acceptors (Lipinski definition) is 8. The number of nitrogens with zero attached hydrogens (tertiary/aromatic N) is 2. The topological polar surface area (TPSA) is 216 Å². The maximum Gasteiger partial charge on any atom is 0.306 e. The molecular weight excluding hydrogens is 617 g/mol. The second-order valence-corrected chi connectivity index (χ2v) is 14.7. The summed E-state index contributed by atoms with van der Waals surface area (Å²) in [6.45, 7) is 5.15. The molecule has 254 valence electrons. The summed E-state index contributed by atoms with van der Waals surface area (Å²) in [7, 11) is -6.99. The number of aliphatic imine (C=N–C) groups is 2. The molecule has 1 fully saturated rings. The van der Waals surface area contributed by atoms with Crippen molar-refractivity contribution in [2.24, 2.45) is 38.3 Å². The van der Waals surface area contributed by atoms with Gasteiger partial charge < -0.3 is 31.3 Å². The fourth-order valence-electron chi connectivity index (χ4n) is 4.84. The molecule has 0 unspecified atom stereocenters. The Morgan fingerprint density at radius 2 is 1.16 bits per heavy atom. The molecule has 1 aliphatic carbocycles. The standard InChI is InChI=1S/C16H25N3O3S.C14H23N3O3S.CH4/c1-12-9-13(11-14(10-12)22-23(2,20)21)3-4-16(5-6-16)7-8-19-15(17)18;1-11-8-12(6-4-3-5-7-17-14(15)16)10-13(9-11)20-21(2,18)19;/h9-11H,3-8H2,1-2H3,(H4,17,18,19);8-10H,3-7H2,1-2H3,(H4,15,16,17);1H4. The van der Waals surface area contributed by atoms with Gasteiger partial charge in [0.25, 0.3) is 0 Å². The van der Waals surface area contributed by atoms with E-state index in [1.54, 1.807) is 24.3 Å². The van der Waals surface area contributed by atoms with Gasteiger partial charge in [-0.25, -0.2) is 0 Å². The molecule has 3 rings (SSSR count). The Kier molecular flexibility index (Phi) is 15.7. The van der Waals surface area contributed by atoms with E-state index in [0.717, 1.165) is 79.7 Å². The van der Waals surface area contributed by atoms with Crippen molar-refractivity contribution in [1.29, 1.82) is 0 Å². The second-order valence-electron chi connectivity index (χ2n) is 11.6. The molecule has 0 saturated heterocycles. The fraction of sp³-hybridized carbons (Fsp3) is 0.548. The van der Waals surface area contributed by atoms with Gasteiger partial charge >= 0.3 is 20.2 Å². The van der Waals surface area contributed by atoms with E-state index in [0.29, 0.717) is 30.0 Å². The lowest BCUT2D eigenvalue weighted by molar-refractivity contribution is 0.436. The van der Waals surface area contributed by atoms with Crippen LogP contribution in [0, 0.1) is 19.3 Å². The highest BCUT2D eigenvalue weighted by atomic mass is 32.2. The van der Waals surface area contributed by atoms with Crippen LogP contribution in [0.3, 0.4) is 0 Å². The third kappa shape index (κ3) is 18.1. The van der Waals surface area contributed by atoms with Crippen LogP contribution in [0.15, 0.2) is 46.4 Å². The molecule has 1 saturated carbocycles. The van der Waals surface area contributed by atoms with Crippen molar-refractivity contribution in [3.05, 3.63) is 58.7 Å². The van der Waals surface area contributed by atoms with Gasteiger partial charge in [-0.15, -0.1) is 0 Å². The summed E-state index contributed by atoms with van der Waals surface area (Å²) in [6, 6.07) is 11.1. The highest BCUT2D eigenvalue weighted by Gasteiger charge is 2.41. The van der Waals surface area contributed by atoms with E-state index in [2.05, 4.69) is 16.1 Å². The average molecular weight is 669 g/mol. The highest BCUT2D eigenvalue weighted by molar-refractivity contribution is 7.86. The summed E-state index contributed by atoms with van der Waals surface area (Å²) in [6.07, 6.45) is 11.2. The number of benzene rings is 2. The van der Waals surface area contributed by atoms with Crippen LogP contribution in [0.4, 0.5) is 0 Å². The Balaban J connectivity index is 0.000000442. The predicted molar refractivity (Wildman–Crippen MR) is 184 cm³/mol.